The smallest absolute Gasteiger partial charge is 0.337 e. The van der Waals surface area contributed by atoms with Crippen molar-refractivity contribution in [3.05, 3.63) is 59.2 Å². The Hall–Kier alpha value is -3.72. The monoisotopic (exact) mass is 437 g/mol. The summed E-state index contributed by atoms with van der Waals surface area (Å²) in [5.74, 6) is -0.609. The van der Waals surface area contributed by atoms with Gasteiger partial charge in [-0.2, -0.15) is 0 Å². The Labute approximate surface area is 186 Å². The third-order valence-corrected chi connectivity index (χ3v) is 5.22. The van der Waals surface area contributed by atoms with Crippen LogP contribution in [0.5, 0.6) is 5.75 Å². The lowest BCUT2D eigenvalue weighted by molar-refractivity contribution is -0.130. The normalized spacial score (nSPS) is 13.1. The van der Waals surface area contributed by atoms with E-state index in [1.54, 1.807) is 13.8 Å². The Kier molecular flexibility index (Phi) is 7.21. The molecule has 168 valence electrons. The Morgan fingerprint density at radius 2 is 2.09 bits per heavy atom. The number of benzene rings is 1. The third-order valence-electron chi connectivity index (χ3n) is 5.22. The molecule has 0 saturated heterocycles. The summed E-state index contributed by atoms with van der Waals surface area (Å²) in [6, 6.07) is 3.82. The molecule has 9 heteroatoms. The lowest BCUT2D eigenvalue weighted by Crippen LogP contribution is -2.26. The average molecular weight is 438 g/mol. The number of amides is 1. The molecule has 1 aromatic carbocycles. The number of carbonyl (C=O) groups is 2. The Balaban J connectivity index is 1.85. The highest BCUT2D eigenvalue weighted by atomic mass is 16.5. The number of nitrogens with one attached hydrogen (secondary N) is 2. The van der Waals surface area contributed by atoms with Crippen LogP contribution in [0.3, 0.4) is 0 Å². The van der Waals surface area contributed by atoms with E-state index >= 15 is 0 Å². The van der Waals surface area contributed by atoms with E-state index in [1.807, 2.05) is 12.1 Å². The van der Waals surface area contributed by atoms with Gasteiger partial charge in [0, 0.05) is 12.1 Å². The number of carbonyl (C=O) groups excluding carboxylic acids is 1. The summed E-state index contributed by atoms with van der Waals surface area (Å²) in [6.45, 7) is 8.49. The maximum absolute atomic E-state index is 11.7. The zero-order chi connectivity index (χ0) is 23.3. The van der Waals surface area contributed by atoms with Crippen molar-refractivity contribution >= 4 is 28.8 Å². The Bertz CT molecular complexity index is 1090. The summed E-state index contributed by atoms with van der Waals surface area (Å²) in [4.78, 5) is 31.7. The molecule has 1 aromatic heterocycles. The largest absolute Gasteiger partial charge is 0.482 e. The molecule has 0 aliphatic carbocycles. The van der Waals surface area contributed by atoms with Crippen LogP contribution in [-0.4, -0.2) is 40.1 Å². The number of fused-ring (bicyclic) bond motifs is 1. The van der Waals surface area contributed by atoms with Crippen molar-refractivity contribution in [1.29, 1.82) is 0 Å². The number of nitrogens with zero attached hydrogens (tertiary/aromatic N) is 2. The van der Waals surface area contributed by atoms with Gasteiger partial charge in [0.05, 0.1) is 28.3 Å². The Morgan fingerprint density at radius 1 is 1.34 bits per heavy atom. The summed E-state index contributed by atoms with van der Waals surface area (Å²) in [7, 11) is 0. The van der Waals surface area contributed by atoms with Gasteiger partial charge in [-0.3, -0.25) is 4.79 Å². The number of aliphatic carboxylic acids is 1. The number of ether oxygens (including phenoxy) is 1. The van der Waals surface area contributed by atoms with Gasteiger partial charge in [0.15, 0.2) is 6.61 Å². The number of carboxylic acids is 1. The predicted molar refractivity (Wildman–Crippen MR) is 122 cm³/mol. The summed E-state index contributed by atoms with van der Waals surface area (Å²) in [5.41, 5.74) is 10.5. The highest BCUT2D eigenvalue weighted by molar-refractivity contribution is 6.15. The van der Waals surface area contributed by atoms with Gasteiger partial charge in [-0.25, -0.2) is 14.8 Å². The molecular weight excluding hydrogens is 410 g/mol. The van der Waals surface area contributed by atoms with Gasteiger partial charge in [-0.05, 0) is 56.5 Å². The minimum absolute atomic E-state index is 0.00239. The number of rotatable bonds is 9. The summed E-state index contributed by atoms with van der Waals surface area (Å²) >= 11 is 0. The van der Waals surface area contributed by atoms with E-state index in [0.717, 1.165) is 24.0 Å². The molecule has 0 fully saturated rings. The van der Waals surface area contributed by atoms with Crippen LogP contribution in [0.4, 0.5) is 5.69 Å². The molecule has 9 nitrogen and oxygen atoms in total. The molecule has 32 heavy (non-hydrogen) atoms. The molecule has 0 unspecified atom stereocenters. The maximum Gasteiger partial charge on any atom is 0.337 e. The van der Waals surface area contributed by atoms with Gasteiger partial charge in [0.1, 0.15) is 12.1 Å². The van der Waals surface area contributed by atoms with Crippen LogP contribution in [0, 0.1) is 6.92 Å². The molecule has 0 radical (unpaired) electrons. The molecule has 1 amide bonds. The van der Waals surface area contributed by atoms with Gasteiger partial charge >= 0.3 is 5.97 Å². The predicted octanol–water partition coefficient (Wildman–Crippen LogP) is 2.26. The number of hydrogen-bond donors (Lipinski definition) is 4. The first kappa shape index (κ1) is 23.0. The molecule has 3 rings (SSSR count). The molecule has 5 N–H and O–H groups in total. The van der Waals surface area contributed by atoms with E-state index in [-0.39, 0.29) is 18.1 Å². The maximum atomic E-state index is 11.7. The molecule has 1 aliphatic heterocycles. The fourth-order valence-corrected chi connectivity index (χ4v) is 3.58. The van der Waals surface area contributed by atoms with Crippen LogP contribution in [-0.2, 0) is 22.6 Å². The van der Waals surface area contributed by atoms with Crippen LogP contribution < -0.4 is 21.1 Å². The van der Waals surface area contributed by atoms with Crippen molar-refractivity contribution in [2.24, 2.45) is 5.73 Å². The van der Waals surface area contributed by atoms with Crippen molar-refractivity contribution in [1.82, 2.24) is 15.3 Å². The number of hydrogen-bond acceptors (Lipinski definition) is 7. The zero-order valence-corrected chi connectivity index (χ0v) is 18.2. The second-order valence-corrected chi connectivity index (χ2v) is 7.38. The fourth-order valence-electron chi connectivity index (χ4n) is 3.58. The number of aromatic nitrogens is 2. The fraction of sp³-hybridized carbons (Fsp3) is 0.304. The van der Waals surface area contributed by atoms with Crippen LogP contribution in [0.25, 0.3) is 11.3 Å². The van der Waals surface area contributed by atoms with Gasteiger partial charge in [-0.1, -0.05) is 12.7 Å². The molecule has 2 aromatic rings. The van der Waals surface area contributed by atoms with Crippen LogP contribution in [0.1, 0.15) is 41.4 Å². The second kappa shape index (κ2) is 10.1. The van der Waals surface area contributed by atoms with Crippen LogP contribution in [0.2, 0.25) is 0 Å². The lowest BCUT2D eigenvalue weighted by atomic mass is 10.00. The minimum atomic E-state index is -1.05. The summed E-state index contributed by atoms with van der Waals surface area (Å²) in [5, 5.41) is 15.5. The van der Waals surface area contributed by atoms with Gasteiger partial charge in [0.25, 0.3) is 5.91 Å². The number of aryl methyl sites for hydroxylation is 1. The highest BCUT2D eigenvalue weighted by Gasteiger charge is 2.20. The van der Waals surface area contributed by atoms with E-state index in [4.69, 9.17) is 10.5 Å². The standard InChI is InChI=1S/C23H27N5O4/c1-4-17(23(30)31)22-13(2)21(26-12-27-22)14(3)25-10-16-8-18-19(32-11-20(29)28-18)9-15(16)6-5-7-24/h4,8-9,12,25H,3,5-7,10-11,24H2,1-2H3,(H,28,29)(H,30,31)/b17-4+. The quantitative estimate of drug-likeness (QED) is 0.438. The van der Waals surface area contributed by atoms with E-state index < -0.39 is 5.97 Å². The van der Waals surface area contributed by atoms with Gasteiger partial charge in [-0.15, -0.1) is 0 Å². The van der Waals surface area contributed by atoms with Crippen molar-refractivity contribution < 1.29 is 19.4 Å². The van der Waals surface area contributed by atoms with E-state index in [2.05, 4.69) is 27.2 Å². The Morgan fingerprint density at radius 3 is 2.78 bits per heavy atom. The van der Waals surface area contributed by atoms with Crippen molar-refractivity contribution in [2.75, 3.05) is 18.5 Å². The zero-order valence-electron chi connectivity index (χ0n) is 18.2. The molecule has 1 aliphatic rings. The lowest BCUT2D eigenvalue weighted by Gasteiger charge is -2.22. The number of carboxylic acid groups (broad SMARTS) is 1. The first-order valence-electron chi connectivity index (χ1n) is 10.3. The minimum Gasteiger partial charge on any atom is -0.482 e. The van der Waals surface area contributed by atoms with E-state index in [9.17, 15) is 14.7 Å². The molecule has 0 atom stereocenters. The van der Waals surface area contributed by atoms with Crippen molar-refractivity contribution in [3.8, 4) is 5.75 Å². The number of allylic oxidation sites excluding steroid dienone is 1. The molecule has 2 heterocycles. The van der Waals surface area contributed by atoms with Crippen LogP contribution >= 0.6 is 0 Å². The topological polar surface area (TPSA) is 139 Å². The SMILES string of the molecule is C=C(NCc1cc2c(cc1CCCN)OCC(=O)N2)c1ncnc(/C(=C\C)C(=O)O)c1C. The first-order valence-corrected chi connectivity index (χ1v) is 10.3. The molecule has 0 spiro atoms. The van der Waals surface area contributed by atoms with Gasteiger partial charge in [0.2, 0.25) is 0 Å². The van der Waals surface area contributed by atoms with E-state index in [1.165, 1.54) is 12.4 Å². The van der Waals surface area contributed by atoms with Crippen molar-refractivity contribution in [3.63, 3.8) is 0 Å². The van der Waals surface area contributed by atoms with E-state index in [0.29, 0.717) is 47.2 Å². The number of nitrogens with two attached hydrogens (primary N) is 1. The highest BCUT2D eigenvalue weighted by Crippen LogP contribution is 2.32. The molecular formula is C23H27N5O4. The average Bonchev–Trinajstić information content (AvgIpc) is 2.77. The first-order chi connectivity index (χ1) is 15.3. The summed E-state index contributed by atoms with van der Waals surface area (Å²) in [6.07, 6.45) is 4.42. The third kappa shape index (κ3) is 4.94. The summed E-state index contributed by atoms with van der Waals surface area (Å²) < 4.78 is 5.54. The number of anilines is 1. The van der Waals surface area contributed by atoms with Gasteiger partial charge < -0.3 is 26.2 Å². The van der Waals surface area contributed by atoms with Crippen LogP contribution in [0.15, 0.2) is 31.1 Å². The second-order valence-electron chi connectivity index (χ2n) is 7.38. The molecule has 0 saturated carbocycles. The van der Waals surface area contributed by atoms with Crippen molar-refractivity contribution in [2.45, 2.75) is 33.2 Å². The molecule has 0 bridgehead atoms.